The number of carboxylic acids is 4. The first kappa shape index (κ1) is 64.1. The lowest BCUT2D eigenvalue weighted by atomic mass is 10.1. The molecule has 66 heavy (non-hydrogen) atoms. The maximum absolute atomic E-state index is 12.0. The first-order valence-corrected chi connectivity index (χ1v) is 19.5. The lowest BCUT2D eigenvalue weighted by Gasteiger charge is -2.06. The lowest BCUT2D eigenvalue weighted by Crippen LogP contribution is -2.36. The average molecular weight is 1020 g/mol. The zero-order valence-corrected chi connectivity index (χ0v) is 35.4. The third kappa shape index (κ3) is 39.4. The van der Waals surface area contributed by atoms with Gasteiger partial charge in [0.1, 0.15) is 0 Å². The van der Waals surface area contributed by atoms with E-state index in [0.717, 1.165) is 74.0 Å². The number of anilines is 2. The number of nitrogen functional groups attached to an aromatic ring is 2. The normalized spacial score (nSPS) is 11.7. The largest absolute Gasteiger partial charge is 0.490 e. The second kappa shape index (κ2) is 32.4. The van der Waals surface area contributed by atoms with Crippen molar-refractivity contribution in [2.24, 2.45) is 21.5 Å². The van der Waals surface area contributed by atoms with E-state index in [9.17, 15) is 62.3 Å². The predicted octanol–water partition coefficient (Wildman–Crippen LogP) is 4.85. The Bertz CT molecular complexity index is 1680. The number of aryl methyl sites for hydroxylation is 2. The number of alkyl halides is 12. The molecular weight excluding hydrogens is 977 g/mol. The quantitative estimate of drug-likeness (QED) is 0.0438. The van der Waals surface area contributed by atoms with E-state index in [1.165, 1.54) is 22.7 Å². The number of aliphatic imine (C=N–C) groups is 2. The Balaban J connectivity index is -0.00000113. The van der Waals surface area contributed by atoms with Crippen LogP contribution in [-0.2, 0) is 41.6 Å². The minimum atomic E-state index is -5.08. The van der Waals surface area contributed by atoms with Crippen molar-refractivity contribution in [2.45, 2.75) is 102 Å². The molecule has 0 radical (unpaired) electrons. The summed E-state index contributed by atoms with van der Waals surface area (Å²) in [6.07, 6.45) is -7.20. The molecule has 0 spiro atoms. The van der Waals surface area contributed by atoms with E-state index < -0.39 is 48.6 Å². The number of nitrogens with zero attached hydrogens (tertiary/aromatic N) is 4. The van der Waals surface area contributed by atoms with Gasteiger partial charge in [-0.05, 0) is 38.5 Å². The Morgan fingerprint density at radius 2 is 0.742 bits per heavy atom. The maximum Gasteiger partial charge on any atom is 0.490 e. The standard InChI is InChI=1S/C24H40N10O2S2.4C2HF3O2/c25-21(29-13-7-9-17-15-31-23(27)37-17)33-19(35)11-5-3-1-2-4-6-12-20(36)34-22(26)30-14-8-10-18-16-32-24(28)38-18;4*3-2(4,5)1(6)7/h15-16H,1-14H2,(H2,27,31)(H2,28,32)(H3,25,29,33,35)(H3,26,30,34,36);4*(H,6,7). The summed E-state index contributed by atoms with van der Waals surface area (Å²) in [5, 5.41) is 34.9. The Labute approximate surface area is 372 Å². The number of hydrogen-bond acceptors (Lipinski definition) is 14. The molecule has 2 heterocycles. The van der Waals surface area contributed by atoms with Crippen LogP contribution in [0.15, 0.2) is 22.4 Å². The van der Waals surface area contributed by atoms with Crippen molar-refractivity contribution in [3.8, 4) is 0 Å². The molecule has 0 fully saturated rings. The Morgan fingerprint density at radius 3 is 0.955 bits per heavy atom. The first-order chi connectivity index (χ1) is 30.1. The van der Waals surface area contributed by atoms with Crippen LogP contribution in [0.2, 0.25) is 0 Å². The van der Waals surface area contributed by atoms with E-state index in [4.69, 9.17) is 62.5 Å². The summed E-state index contributed by atoms with van der Waals surface area (Å²) in [5.74, 6) is -11.0. The summed E-state index contributed by atoms with van der Waals surface area (Å²) in [6, 6.07) is 0. The maximum atomic E-state index is 12.0. The summed E-state index contributed by atoms with van der Waals surface area (Å²) in [5.41, 5.74) is 22.8. The van der Waals surface area contributed by atoms with Gasteiger partial charge in [0.05, 0.1) is 0 Å². The number of nitrogens with two attached hydrogens (primary N) is 4. The van der Waals surface area contributed by atoms with Gasteiger partial charge in [-0.25, -0.2) is 29.1 Å². The van der Waals surface area contributed by atoms with Gasteiger partial charge in [0.25, 0.3) is 0 Å². The zero-order chi connectivity index (χ0) is 51.9. The number of carbonyl (C=O) groups is 6. The number of halogens is 12. The van der Waals surface area contributed by atoms with Gasteiger partial charge in [0.15, 0.2) is 22.2 Å². The number of amides is 2. The highest BCUT2D eigenvalue weighted by atomic mass is 32.1. The lowest BCUT2D eigenvalue weighted by molar-refractivity contribution is -0.193. The summed E-state index contributed by atoms with van der Waals surface area (Å²) in [6.45, 7) is 1.07. The number of thiazole rings is 2. The van der Waals surface area contributed by atoms with Gasteiger partial charge in [0, 0.05) is 48.1 Å². The second-order valence-corrected chi connectivity index (χ2v) is 14.3. The highest BCUT2D eigenvalue weighted by Crippen LogP contribution is 2.18. The molecule has 0 saturated heterocycles. The number of carbonyl (C=O) groups excluding carboxylic acids is 2. The Hall–Kier alpha value is -6.22. The highest BCUT2D eigenvalue weighted by Gasteiger charge is 2.40. The number of nitrogens with one attached hydrogen (secondary N) is 2. The predicted molar refractivity (Wildman–Crippen MR) is 211 cm³/mol. The number of rotatable bonds is 17. The van der Waals surface area contributed by atoms with Crippen molar-refractivity contribution in [1.82, 2.24) is 20.6 Å². The van der Waals surface area contributed by atoms with Crippen molar-refractivity contribution < 1.29 is 102 Å². The number of aromatic nitrogens is 2. The van der Waals surface area contributed by atoms with Crippen molar-refractivity contribution in [1.29, 1.82) is 0 Å². The van der Waals surface area contributed by atoms with Crippen LogP contribution in [-0.4, -0.2) is 116 Å². The van der Waals surface area contributed by atoms with Gasteiger partial charge in [0.2, 0.25) is 11.8 Å². The Kier molecular flexibility index (Phi) is 31.5. The van der Waals surface area contributed by atoms with Gasteiger partial charge < -0.3 is 43.4 Å². The van der Waals surface area contributed by atoms with Gasteiger partial charge >= 0.3 is 48.6 Å². The molecule has 0 unspecified atom stereocenters. The average Bonchev–Trinajstić information content (AvgIpc) is 3.79. The fraction of sp³-hybridized carbons (Fsp3) is 0.562. The molecule has 378 valence electrons. The summed E-state index contributed by atoms with van der Waals surface area (Å²) < 4.78 is 127. The molecule has 14 N–H and O–H groups in total. The Morgan fingerprint density at radius 1 is 0.500 bits per heavy atom. The van der Waals surface area contributed by atoms with E-state index in [0.29, 0.717) is 36.2 Å². The molecule has 0 bridgehead atoms. The number of hydrogen-bond donors (Lipinski definition) is 10. The van der Waals surface area contributed by atoms with E-state index in [-0.39, 0.29) is 23.7 Å². The molecule has 20 nitrogen and oxygen atoms in total. The molecule has 34 heteroatoms. The molecule has 2 aromatic rings. The molecule has 0 aliphatic rings. The smallest absolute Gasteiger partial charge is 0.475 e. The van der Waals surface area contributed by atoms with Crippen LogP contribution in [0.3, 0.4) is 0 Å². The molecule has 0 atom stereocenters. The molecule has 0 aliphatic heterocycles. The third-order valence-corrected chi connectivity index (χ3v) is 8.20. The first-order valence-electron chi connectivity index (χ1n) is 17.9. The van der Waals surface area contributed by atoms with Crippen LogP contribution in [0, 0.1) is 0 Å². The van der Waals surface area contributed by atoms with Crippen LogP contribution in [0.25, 0.3) is 0 Å². The van der Waals surface area contributed by atoms with Gasteiger partial charge in [-0.2, -0.15) is 52.7 Å². The monoisotopic (exact) mass is 1020 g/mol. The van der Waals surface area contributed by atoms with Crippen LogP contribution in [0.1, 0.15) is 74.0 Å². The van der Waals surface area contributed by atoms with E-state index in [2.05, 4.69) is 30.6 Å². The SMILES string of the molecule is NC(=NCCCc1cnc(N)s1)NC(=O)CCCCCCCCC(=O)NC(N)=NCCCc1cnc(N)s1.O=C(O)C(F)(F)F.O=C(O)C(F)(F)F.O=C(O)C(F)(F)F.O=C(O)C(F)(F)F. The van der Waals surface area contributed by atoms with Crippen molar-refractivity contribution in [3.05, 3.63) is 22.1 Å². The van der Waals surface area contributed by atoms with E-state index in [1.807, 2.05) is 0 Å². The molecular formula is C32H44F12N10O10S2. The molecule has 2 rings (SSSR count). The van der Waals surface area contributed by atoms with Crippen LogP contribution < -0.4 is 33.6 Å². The molecule has 0 saturated carbocycles. The van der Waals surface area contributed by atoms with Crippen molar-refractivity contribution >= 4 is 80.5 Å². The minimum absolute atomic E-state index is 0.120. The number of aliphatic carboxylic acids is 4. The minimum Gasteiger partial charge on any atom is -0.475 e. The summed E-state index contributed by atoms with van der Waals surface area (Å²) in [7, 11) is 0. The van der Waals surface area contributed by atoms with Crippen LogP contribution in [0.5, 0.6) is 0 Å². The van der Waals surface area contributed by atoms with Gasteiger partial charge in [-0.1, -0.05) is 25.7 Å². The highest BCUT2D eigenvalue weighted by molar-refractivity contribution is 7.15. The van der Waals surface area contributed by atoms with Gasteiger partial charge in [-0.3, -0.25) is 30.2 Å². The van der Waals surface area contributed by atoms with E-state index >= 15 is 0 Å². The van der Waals surface area contributed by atoms with Crippen molar-refractivity contribution in [3.63, 3.8) is 0 Å². The molecule has 2 aromatic heterocycles. The zero-order valence-electron chi connectivity index (χ0n) is 33.7. The van der Waals surface area contributed by atoms with Crippen molar-refractivity contribution in [2.75, 3.05) is 24.6 Å². The number of carboxylic acid groups (broad SMARTS) is 4. The fourth-order valence-electron chi connectivity index (χ4n) is 3.55. The van der Waals surface area contributed by atoms with E-state index in [1.54, 1.807) is 12.4 Å². The fourth-order valence-corrected chi connectivity index (χ4v) is 5.00. The second-order valence-electron chi connectivity index (χ2n) is 12.0. The topological polar surface area (TPSA) is 362 Å². The summed E-state index contributed by atoms with van der Waals surface area (Å²) >= 11 is 2.93. The molecule has 2 amide bonds. The summed E-state index contributed by atoms with van der Waals surface area (Å²) in [4.78, 5) is 78.2. The number of guanidine groups is 2. The third-order valence-electron chi connectivity index (χ3n) is 6.43. The molecule has 0 aromatic carbocycles. The number of unbranched alkanes of at least 4 members (excludes halogenated alkanes) is 5. The molecule has 0 aliphatic carbocycles. The van der Waals surface area contributed by atoms with Crippen LogP contribution >= 0.6 is 22.7 Å². The van der Waals surface area contributed by atoms with Gasteiger partial charge in [-0.15, -0.1) is 22.7 Å². The van der Waals surface area contributed by atoms with Crippen LogP contribution in [0.4, 0.5) is 62.9 Å².